The normalized spacial score (nSPS) is 30.8. The van der Waals surface area contributed by atoms with Gasteiger partial charge in [0.25, 0.3) is 0 Å². The van der Waals surface area contributed by atoms with E-state index in [-0.39, 0.29) is 29.6 Å². The SMILES string of the molecule is C=CCCCOC(=O)[C@@H]1[C@@H]2CCC3(S2)C(C(=O)N(CC=C)CCCC)N([C@H](C)CO)C(=O)[C@H]13. The Morgan fingerprint density at radius 1 is 1.36 bits per heavy atom. The molecule has 3 aliphatic rings. The van der Waals surface area contributed by atoms with Gasteiger partial charge in [-0.1, -0.05) is 25.5 Å². The number of amides is 2. The van der Waals surface area contributed by atoms with E-state index in [9.17, 15) is 19.5 Å². The number of allylic oxidation sites excluding steroid dienone is 1. The number of aliphatic hydroxyl groups excluding tert-OH is 1. The predicted molar refractivity (Wildman–Crippen MR) is 130 cm³/mol. The Balaban J connectivity index is 1.93. The molecule has 2 unspecified atom stereocenters. The van der Waals surface area contributed by atoms with Crippen molar-refractivity contribution in [1.82, 2.24) is 9.80 Å². The minimum Gasteiger partial charge on any atom is -0.465 e. The van der Waals surface area contributed by atoms with Gasteiger partial charge in [0.2, 0.25) is 11.8 Å². The number of rotatable bonds is 13. The van der Waals surface area contributed by atoms with E-state index in [2.05, 4.69) is 20.1 Å². The Labute approximate surface area is 201 Å². The highest BCUT2D eigenvalue weighted by Gasteiger charge is 2.74. The third kappa shape index (κ3) is 4.61. The van der Waals surface area contributed by atoms with Crippen molar-refractivity contribution >= 4 is 29.5 Å². The molecule has 6 atom stereocenters. The molecule has 3 aliphatic heterocycles. The van der Waals surface area contributed by atoms with Crippen molar-refractivity contribution in [2.24, 2.45) is 11.8 Å². The zero-order chi connectivity index (χ0) is 24.2. The number of nitrogens with zero attached hydrogens (tertiary/aromatic N) is 2. The molecule has 0 radical (unpaired) electrons. The van der Waals surface area contributed by atoms with E-state index in [4.69, 9.17) is 4.74 Å². The van der Waals surface area contributed by atoms with E-state index in [0.717, 1.165) is 25.7 Å². The number of ether oxygens (including phenoxy) is 1. The van der Waals surface area contributed by atoms with Crippen molar-refractivity contribution in [3.8, 4) is 0 Å². The molecule has 0 aromatic rings. The lowest BCUT2D eigenvalue weighted by Crippen LogP contribution is -2.57. The molecular weight excluding hydrogens is 440 g/mol. The second-order valence-electron chi connectivity index (χ2n) is 9.36. The summed E-state index contributed by atoms with van der Waals surface area (Å²) in [5.41, 5.74) is 0. The molecule has 184 valence electrons. The predicted octanol–water partition coefficient (Wildman–Crippen LogP) is 2.78. The summed E-state index contributed by atoms with van der Waals surface area (Å²) in [4.78, 5) is 44.1. The number of carbonyl (C=O) groups is 3. The first-order valence-electron chi connectivity index (χ1n) is 12.2. The summed E-state index contributed by atoms with van der Waals surface area (Å²) in [7, 11) is 0. The molecular formula is C25H38N2O5S. The lowest BCUT2D eigenvalue weighted by atomic mass is 9.71. The first kappa shape index (κ1) is 25.8. The molecule has 3 heterocycles. The van der Waals surface area contributed by atoms with Crippen molar-refractivity contribution in [1.29, 1.82) is 0 Å². The van der Waals surface area contributed by atoms with Gasteiger partial charge in [0, 0.05) is 18.3 Å². The number of fused-ring (bicyclic) bond motifs is 1. The number of aliphatic hydroxyl groups is 1. The molecule has 2 amide bonds. The first-order valence-corrected chi connectivity index (χ1v) is 13.0. The Bertz CT molecular complexity index is 774. The summed E-state index contributed by atoms with van der Waals surface area (Å²) in [6.07, 6.45) is 8.26. The van der Waals surface area contributed by atoms with Gasteiger partial charge in [-0.05, 0) is 39.0 Å². The largest absolute Gasteiger partial charge is 0.465 e. The average Bonchev–Trinajstić information content (AvgIpc) is 3.45. The number of unbranched alkanes of at least 4 members (excludes halogenated alkanes) is 2. The summed E-state index contributed by atoms with van der Waals surface area (Å²) in [6, 6.07) is -1.20. The van der Waals surface area contributed by atoms with Crippen LogP contribution < -0.4 is 0 Å². The standard InChI is InChI=1S/C25H38N2O5S/c1-5-8-10-15-32-24(31)19-18-11-12-25(33-18)20(19)22(29)27(17(4)16-28)21(25)23(30)26(13-7-3)14-9-6-2/h5,7,17-21,28H,1,3,6,8-16H2,2,4H3/t17-,18+,19-,20+,21?,25?/m1/s1. The summed E-state index contributed by atoms with van der Waals surface area (Å²) in [6.45, 7) is 12.4. The van der Waals surface area contributed by atoms with Crippen LogP contribution in [0.15, 0.2) is 25.3 Å². The van der Waals surface area contributed by atoms with Gasteiger partial charge in [0.05, 0.1) is 35.8 Å². The maximum Gasteiger partial charge on any atom is 0.310 e. The van der Waals surface area contributed by atoms with Gasteiger partial charge >= 0.3 is 5.97 Å². The van der Waals surface area contributed by atoms with E-state index in [1.165, 1.54) is 0 Å². The van der Waals surface area contributed by atoms with Crippen molar-refractivity contribution < 1.29 is 24.2 Å². The molecule has 7 nitrogen and oxygen atoms in total. The molecule has 0 saturated carbocycles. The topological polar surface area (TPSA) is 87.2 Å². The lowest BCUT2D eigenvalue weighted by molar-refractivity contribution is -0.154. The van der Waals surface area contributed by atoms with Gasteiger partial charge < -0.3 is 19.6 Å². The van der Waals surface area contributed by atoms with Gasteiger partial charge in [-0.25, -0.2) is 0 Å². The molecule has 0 aromatic heterocycles. The molecule has 3 saturated heterocycles. The second kappa shape index (κ2) is 11.1. The Morgan fingerprint density at radius 2 is 2.12 bits per heavy atom. The highest BCUT2D eigenvalue weighted by molar-refractivity contribution is 8.02. The summed E-state index contributed by atoms with van der Waals surface area (Å²) in [5, 5.41) is 9.91. The van der Waals surface area contributed by atoms with Gasteiger partial charge in [-0.2, -0.15) is 0 Å². The molecule has 3 fully saturated rings. The van der Waals surface area contributed by atoms with E-state index < -0.39 is 28.7 Å². The number of hydrogen-bond acceptors (Lipinski definition) is 6. The van der Waals surface area contributed by atoms with E-state index >= 15 is 0 Å². The quantitative estimate of drug-likeness (QED) is 0.249. The van der Waals surface area contributed by atoms with Crippen LogP contribution in [0.5, 0.6) is 0 Å². The van der Waals surface area contributed by atoms with Crippen LogP contribution in [0.2, 0.25) is 0 Å². The van der Waals surface area contributed by atoms with Crippen LogP contribution in [-0.4, -0.2) is 81.1 Å². The fourth-order valence-corrected chi connectivity index (χ4v) is 7.85. The van der Waals surface area contributed by atoms with Gasteiger partial charge in [0.1, 0.15) is 6.04 Å². The Kier molecular flexibility index (Phi) is 8.67. The third-order valence-electron chi connectivity index (χ3n) is 7.22. The van der Waals surface area contributed by atoms with E-state index in [1.807, 2.05) is 0 Å². The van der Waals surface area contributed by atoms with Crippen LogP contribution >= 0.6 is 11.8 Å². The summed E-state index contributed by atoms with van der Waals surface area (Å²) >= 11 is 1.63. The number of likely N-dealkylation sites (tertiary alicyclic amines) is 1. The Morgan fingerprint density at radius 3 is 2.76 bits per heavy atom. The van der Waals surface area contributed by atoms with Crippen molar-refractivity contribution in [2.75, 3.05) is 26.3 Å². The summed E-state index contributed by atoms with van der Waals surface area (Å²) in [5.74, 6) is -1.78. The zero-order valence-electron chi connectivity index (χ0n) is 19.9. The smallest absolute Gasteiger partial charge is 0.310 e. The molecule has 1 N–H and O–H groups in total. The summed E-state index contributed by atoms with van der Waals surface area (Å²) < 4.78 is 4.91. The number of thioether (sulfide) groups is 1. The zero-order valence-corrected chi connectivity index (χ0v) is 20.7. The van der Waals surface area contributed by atoms with Crippen molar-refractivity contribution in [2.45, 2.75) is 74.5 Å². The fraction of sp³-hybridized carbons (Fsp3) is 0.720. The highest BCUT2D eigenvalue weighted by atomic mass is 32.2. The number of hydrogen-bond donors (Lipinski definition) is 1. The monoisotopic (exact) mass is 478 g/mol. The maximum atomic E-state index is 13.9. The molecule has 8 heteroatoms. The van der Waals surface area contributed by atoms with Crippen LogP contribution in [0, 0.1) is 11.8 Å². The highest BCUT2D eigenvalue weighted by Crippen LogP contribution is 2.66. The average molecular weight is 479 g/mol. The second-order valence-corrected chi connectivity index (χ2v) is 11.0. The van der Waals surface area contributed by atoms with Crippen LogP contribution in [-0.2, 0) is 19.1 Å². The van der Waals surface area contributed by atoms with Crippen LogP contribution in [0.1, 0.15) is 52.4 Å². The molecule has 33 heavy (non-hydrogen) atoms. The Hall–Kier alpha value is -1.80. The minimum atomic E-state index is -0.692. The van der Waals surface area contributed by atoms with Crippen LogP contribution in [0.4, 0.5) is 0 Å². The van der Waals surface area contributed by atoms with E-state index in [0.29, 0.717) is 32.5 Å². The van der Waals surface area contributed by atoms with Gasteiger partial charge in [-0.15, -0.1) is 24.9 Å². The maximum absolute atomic E-state index is 13.9. The molecule has 0 aromatic carbocycles. The van der Waals surface area contributed by atoms with E-state index in [1.54, 1.807) is 40.6 Å². The van der Waals surface area contributed by atoms with Crippen LogP contribution in [0.25, 0.3) is 0 Å². The molecule has 0 aliphatic carbocycles. The molecule has 3 rings (SSSR count). The van der Waals surface area contributed by atoms with Gasteiger partial charge in [0.15, 0.2) is 0 Å². The minimum absolute atomic E-state index is 0.0174. The van der Waals surface area contributed by atoms with Crippen LogP contribution in [0.3, 0.4) is 0 Å². The molecule has 1 spiro atoms. The first-order chi connectivity index (χ1) is 15.9. The third-order valence-corrected chi connectivity index (χ3v) is 9.17. The van der Waals surface area contributed by atoms with Crippen molar-refractivity contribution in [3.05, 3.63) is 25.3 Å². The van der Waals surface area contributed by atoms with Gasteiger partial charge in [-0.3, -0.25) is 14.4 Å². The fourth-order valence-electron chi connectivity index (χ4n) is 5.67. The lowest BCUT2D eigenvalue weighted by Gasteiger charge is -2.38. The molecule has 2 bridgehead atoms. The number of carbonyl (C=O) groups excluding carboxylic acids is 3. The van der Waals surface area contributed by atoms with Crippen molar-refractivity contribution in [3.63, 3.8) is 0 Å². The number of esters is 1.